The first-order chi connectivity index (χ1) is 11.9. The fourth-order valence-electron chi connectivity index (χ4n) is 2.52. The second kappa shape index (κ2) is 7.05. The zero-order chi connectivity index (χ0) is 17.9. The average molecular weight is 341 g/mol. The molecule has 0 bridgehead atoms. The Bertz CT molecular complexity index is 747. The number of hydrogen-bond donors (Lipinski definition) is 1. The fraction of sp³-hybridized carbons (Fsp3) is 0.350. The van der Waals surface area contributed by atoms with Gasteiger partial charge in [-0.1, -0.05) is 32.9 Å². The van der Waals surface area contributed by atoms with Crippen LogP contribution in [0.2, 0.25) is 0 Å². The highest BCUT2D eigenvalue weighted by Crippen LogP contribution is 2.35. The van der Waals surface area contributed by atoms with E-state index < -0.39 is 0 Å². The van der Waals surface area contributed by atoms with E-state index in [9.17, 15) is 4.79 Å². The molecule has 1 heterocycles. The van der Waals surface area contributed by atoms with Crippen LogP contribution < -0.4 is 19.5 Å². The molecule has 5 heteroatoms. The second-order valence-corrected chi connectivity index (χ2v) is 6.95. The molecule has 0 unspecified atom stereocenters. The van der Waals surface area contributed by atoms with Gasteiger partial charge < -0.3 is 19.5 Å². The zero-order valence-corrected chi connectivity index (χ0v) is 14.8. The molecule has 0 radical (unpaired) electrons. The maximum absolute atomic E-state index is 12.2. The number of carbonyl (C=O) groups is 1. The van der Waals surface area contributed by atoms with Crippen molar-refractivity contribution in [1.29, 1.82) is 0 Å². The SMILES string of the molecule is CC(C)(C)c1ccc(C(=O)NCCOc2ccc3c(c2)OCO3)cc1. The van der Waals surface area contributed by atoms with Crippen molar-refractivity contribution in [2.45, 2.75) is 26.2 Å². The van der Waals surface area contributed by atoms with Crippen LogP contribution in [0.25, 0.3) is 0 Å². The summed E-state index contributed by atoms with van der Waals surface area (Å²) in [6.07, 6.45) is 0. The predicted molar refractivity (Wildman–Crippen MR) is 95.5 cm³/mol. The van der Waals surface area contributed by atoms with Crippen LogP contribution in [0.1, 0.15) is 36.7 Å². The number of nitrogens with one attached hydrogen (secondary N) is 1. The van der Waals surface area contributed by atoms with Crippen LogP contribution in [0.4, 0.5) is 0 Å². The van der Waals surface area contributed by atoms with Gasteiger partial charge in [-0.2, -0.15) is 0 Å². The summed E-state index contributed by atoms with van der Waals surface area (Å²) in [7, 11) is 0. The van der Waals surface area contributed by atoms with Crippen molar-refractivity contribution in [3.05, 3.63) is 53.6 Å². The van der Waals surface area contributed by atoms with Gasteiger partial charge >= 0.3 is 0 Å². The van der Waals surface area contributed by atoms with Gasteiger partial charge in [-0.15, -0.1) is 0 Å². The lowest BCUT2D eigenvalue weighted by atomic mass is 9.87. The number of ether oxygens (including phenoxy) is 3. The normalized spacial score (nSPS) is 12.8. The lowest BCUT2D eigenvalue weighted by Gasteiger charge is -2.19. The van der Waals surface area contributed by atoms with Crippen LogP contribution in [0.15, 0.2) is 42.5 Å². The first-order valence-electron chi connectivity index (χ1n) is 8.35. The summed E-state index contributed by atoms with van der Waals surface area (Å²) in [6, 6.07) is 13.1. The molecule has 5 nitrogen and oxygen atoms in total. The molecule has 0 fully saturated rings. The topological polar surface area (TPSA) is 56.8 Å². The molecule has 1 amide bonds. The third-order valence-corrected chi connectivity index (χ3v) is 4.01. The van der Waals surface area contributed by atoms with Gasteiger partial charge in [0.15, 0.2) is 11.5 Å². The summed E-state index contributed by atoms with van der Waals surface area (Å²) in [5.41, 5.74) is 1.93. The van der Waals surface area contributed by atoms with Crippen molar-refractivity contribution in [3.63, 3.8) is 0 Å². The van der Waals surface area contributed by atoms with E-state index in [0.29, 0.717) is 30.2 Å². The molecule has 3 rings (SSSR count). The van der Waals surface area contributed by atoms with E-state index in [-0.39, 0.29) is 18.1 Å². The molecular formula is C20H23NO4. The Morgan fingerprint density at radius 1 is 1.08 bits per heavy atom. The highest BCUT2D eigenvalue weighted by atomic mass is 16.7. The molecule has 132 valence electrons. The Kier molecular flexibility index (Phi) is 4.83. The molecule has 0 aromatic heterocycles. The number of rotatable bonds is 5. The number of fused-ring (bicyclic) bond motifs is 1. The van der Waals surface area contributed by atoms with Gasteiger partial charge in [0.1, 0.15) is 12.4 Å². The van der Waals surface area contributed by atoms with Gasteiger partial charge in [-0.25, -0.2) is 0 Å². The molecule has 1 aliphatic rings. The number of hydrogen-bond acceptors (Lipinski definition) is 4. The minimum Gasteiger partial charge on any atom is -0.492 e. The van der Waals surface area contributed by atoms with E-state index in [1.165, 1.54) is 5.56 Å². The van der Waals surface area contributed by atoms with Crippen LogP contribution in [0.5, 0.6) is 17.2 Å². The molecule has 2 aromatic carbocycles. The average Bonchev–Trinajstić information content (AvgIpc) is 3.05. The lowest BCUT2D eigenvalue weighted by molar-refractivity contribution is 0.0947. The maximum atomic E-state index is 12.2. The smallest absolute Gasteiger partial charge is 0.251 e. The monoisotopic (exact) mass is 341 g/mol. The van der Waals surface area contributed by atoms with E-state index in [0.717, 1.165) is 5.75 Å². The molecule has 0 spiro atoms. The standard InChI is InChI=1S/C20H23NO4/c1-20(2,3)15-6-4-14(5-7-15)19(22)21-10-11-23-16-8-9-17-18(12-16)25-13-24-17/h4-9,12H,10-11,13H2,1-3H3,(H,21,22). The van der Waals surface area contributed by atoms with Crippen LogP contribution in [-0.2, 0) is 5.41 Å². The Balaban J connectivity index is 1.46. The summed E-state index contributed by atoms with van der Waals surface area (Å²) in [5, 5.41) is 2.86. The minimum atomic E-state index is -0.102. The lowest BCUT2D eigenvalue weighted by Crippen LogP contribution is -2.28. The Morgan fingerprint density at radius 3 is 2.52 bits per heavy atom. The largest absolute Gasteiger partial charge is 0.492 e. The van der Waals surface area contributed by atoms with Gasteiger partial charge in [0.25, 0.3) is 5.91 Å². The fourth-order valence-corrected chi connectivity index (χ4v) is 2.52. The molecule has 0 atom stereocenters. The summed E-state index contributed by atoms with van der Waals surface area (Å²) in [5.74, 6) is 1.99. The number of amides is 1. The van der Waals surface area contributed by atoms with Crippen molar-refractivity contribution in [3.8, 4) is 17.2 Å². The first kappa shape index (κ1) is 17.1. The van der Waals surface area contributed by atoms with Crippen molar-refractivity contribution in [1.82, 2.24) is 5.32 Å². The maximum Gasteiger partial charge on any atom is 0.251 e. The third-order valence-electron chi connectivity index (χ3n) is 4.01. The number of carbonyl (C=O) groups excluding carboxylic acids is 1. The van der Waals surface area contributed by atoms with Crippen molar-refractivity contribution in [2.75, 3.05) is 19.9 Å². The summed E-state index contributed by atoms with van der Waals surface area (Å²) < 4.78 is 16.2. The summed E-state index contributed by atoms with van der Waals surface area (Å²) in [6.45, 7) is 7.49. The van der Waals surface area contributed by atoms with Crippen LogP contribution in [0, 0.1) is 0 Å². The molecule has 2 aromatic rings. The van der Waals surface area contributed by atoms with Crippen molar-refractivity contribution < 1.29 is 19.0 Å². The summed E-state index contributed by atoms with van der Waals surface area (Å²) in [4.78, 5) is 12.2. The highest BCUT2D eigenvalue weighted by molar-refractivity contribution is 5.94. The van der Waals surface area contributed by atoms with Crippen LogP contribution >= 0.6 is 0 Å². The van der Waals surface area contributed by atoms with E-state index in [1.807, 2.05) is 36.4 Å². The van der Waals surface area contributed by atoms with E-state index >= 15 is 0 Å². The molecular weight excluding hydrogens is 318 g/mol. The molecule has 0 saturated heterocycles. The molecule has 1 aliphatic heterocycles. The van der Waals surface area contributed by atoms with Gasteiger partial charge in [0.05, 0.1) is 6.54 Å². The first-order valence-corrected chi connectivity index (χ1v) is 8.35. The molecule has 0 saturated carbocycles. The molecule has 1 N–H and O–H groups in total. The van der Waals surface area contributed by atoms with Crippen LogP contribution in [0.3, 0.4) is 0 Å². The quantitative estimate of drug-likeness (QED) is 0.846. The predicted octanol–water partition coefficient (Wildman–Crippen LogP) is 3.52. The van der Waals surface area contributed by atoms with Gasteiger partial charge in [0, 0.05) is 11.6 Å². The second-order valence-electron chi connectivity index (χ2n) is 6.95. The van der Waals surface area contributed by atoms with Crippen molar-refractivity contribution in [2.24, 2.45) is 0 Å². The molecule has 0 aliphatic carbocycles. The van der Waals surface area contributed by atoms with E-state index in [2.05, 4.69) is 26.1 Å². The Hall–Kier alpha value is -2.69. The van der Waals surface area contributed by atoms with Gasteiger partial charge in [0.2, 0.25) is 6.79 Å². The van der Waals surface area contributed by atoms with E-state index in [4.69, 9.17) is 14.2 Å². The van der Waals surface area contributed by atoms with Crippen molar-refractivity contribution >= 4 is 5.91 Å². The van der Waals surface area contributed by atoms with Gasteiger partial charge in [-0.3, -0.25) is 4.79 Å². The molecule has 25 heavy (non-hydrogen) atoms. The van der Waals surface area contributed by atoms with Gasteiger partial charge in [-0.05, 0) is 35.2 Å². The third kappa shape index (κ3) is 4.24. The number of benzene rings is 2. The highest BCUT2D eigenvalue weighted by Gasteiger charge is 2.15. The van der Waals surface area contributed by atoms with Crippen LogP contribution in [-0.4, -0.2) is 25.9 Å². The minimum absolute atomic E-state index is 0.0768. The Morgan fingerprint density at radius 2 is 1.80 bits per heavy atom. The summed E-state index contributed by atoms with van der Waals surface area (Å²) >= 11 is 0. The Labute approximate surface area is 147 Å². The zero-order valence-electron chi connectivity index (χ0n) is 14.8. The van der Waals surface area contributed by atoms with E-state index in [1.54, 1.807) is 6.07 Å².